The lowest BCUT2D eigenvalue weighted by atomic mass is 10.2. The first-order chi connectivity index (χ1) is 12.4. The number of hydrogen-bond donors (Lipinski definition) is 1. The van der Waals surface area contributed by atoms with Crippen LogP contribution in [0.25, 0.3) is 0 Å². The van der Waals surface area contributed by atoms with Crippen molar-refractivity contribution in [3.8, 4) is 11.5 Å². The molecule has 10 heteroatoms. The summed E-state index contributed by atoms with van der Waals surface area (Å²) in [5.74, 6) is -0.171. The van der Waals surface area contributed by atoms with Crippen molar-refractivity contribution < 1.29 is 23.0 Å². The van der Waals surface area contributed by atoms with Crippen LogP contribution >= 0.6 is 35.6 Å². The summed E-state index contributed by atoms with van der Waals surface area (Å²) in [6, 6.07) is 3.96. The van der Waals surface area contributed by atoms with E-state index in [4.69, 9.17) is 27.9 Å². The van der Waals surface area contributed by atoms with E-state index in [2.05, 4.69) is 15.0 Å². The molecule has 1 aliphatic carbocycles. The van der Waals surface area contributed by atoms with Crippen molar-refractivity contribution in [2.75, 3.05) is 11.9 Å². The third-order valence-corrected chi connectivity index (χ3v) is 4.26. The highest BCUT2D eigenvalue weighted by Crippen LogP contribution is 2.35. The normalized spacial score (nSPS) is 13.1. The van der Waals surface area contributed by atoms with E-state index < -0.39 is 12.5 Å². The molecule has 1 N–H and O–H groups in total. The number of aromatic nitrogens is 1. The molecule has 146 valence electrons. The standard InChI is InChI=1S/C17H14Cl2F2N2O3.ClH/c18-11-6-22-7-12(19)15(11)23-16(24)10-3-4-13(26-17(20)21)14(5-10)25-8-9-1-2-9;/h3-7,9,17H,1-2,8H2,(H,22,23,24);1H. The van der Waals surface area contributed by atoms with Crippen LogP contribution in [-0.2, 0) is 0 Å². The lowest BCUT2D eigenvalue weighted by Crippen LogP contribution is -2.14. The number of alkyl halides is 2. The summed E-state index contributed by atoms with van der Waals surface area (Å²) < 4.78 is 35.1. The summed E-state index contributed by atoms with van der Waals surface area (Å²) >= 11 is 12.0. The zero-order chi connectivity index (χ0) is 18.7. The molecule has 1 aromatic carbocycles. The van der Waals surface area contributed by atoms with Crippen LogP contribution in [0.3, 0.4) is 0 Å². The first kappa shape index (κ1) is 21.5. The molecule has 0 aliphatic heterocycles. The molecule has 0 saturated heterocycles. The molecule has 27 heavy (non-hydrogen) atoms. The van der Waals surface area contributed by atoms with Crippen LogP contribution in [0.5, 0.6) is 11.5 Å². The second-order valence-corrected chi connectivity index (χ2v) is 6.54. The van der Waals surface area contributed by atoms with Gasteiger partial charge in [-0.2, -0.15) is 8.78 Å². The predicted octanol–water partition coefficient (Wildman–Crippen LogP) is 5.45. The third-order valence-electron chi connectivity index (χ3n) is 3.69. The smallest absolute Gasteiger partial charge is 0.387 e. The van der Waals surface area contributed by atoms with E-state index >= 15 is 0 Å². The van der Waals surface area contributed by atoms with Crippen molar-refractivity contribution in [1.82, 2.24) is 4.98 Å². The molecule has 1 aromatic heterocycles. The van der Waals surface area contributed by atoms with Gasteiger partial charge in [0.2, 0.25) is 0 Å². The Hall–Kier alpha value is -1.83. The Balaban J connectivity index is 0.00000261. The van der Waals surface area contributed by atoms with Gasteiger partial charge in [-0.3, -0.25) is 9.78 Å². The SMILES string of the molecule is Cl.O=C(Nc1c(Cl)cncc1Cl)c1ccc(OC(F)F)c(OCC2CC2)c1. The van der Waals surface area contributed by atoms with Gasteiger partial charge < -0.3 is 14.8 Å². The summed E-state index contributed by atoms with van der Waals surface area (Å²) in [6.07, 6.45) is 4.74. The number of carbonyl (C=O) groups is 1. The summed E-state index contributed by atoms with van der Waals surface area (Å²) in [7, 11) is 0. The quantitative estimate of drug-likeness (QED) is 0.623. The highest BCUT2D eigenvalue weighted by Gasteiger charge is 2.23. The molecule has 1 fully saturated rings. The molecule has 0 radical (unpaired) electrons. The number of anilines is 1. The molecule has 1 saturated carbocycles. The molecule has 1 aliphatic rings. The highest BCUT2D eigenvalue weighted by atomic mass is 35.5. The van der Waals surface area contributed by atoms with E-state index in [0.29, 0.717) is 12.5 Å². The molecular formula is C17H15Cl3F2N2O3. The Morgan fingerprint density at radius 2 is 1.89 bits per heavy atom. The van der Waals surface area contributed by atoms with Crippen LogP contribution in [0.2, 0.25) is 10.0 Å². The Kier molecular flexibility index (Phi) is 7.47. The fraction of sp³-hybridized carbons (Fsp3) is 0.294. The number of benzene rings is 1. The van der Waals surface area contributed by atoms with Gasteiger partial charge in [-0.1, -0.05) is 23.2 Å². The van der Waals surface area contributed by atoms with Crippen LogP contribution in [0.1, 0.15) is 23.2 Å². The van der Waals surface area contributed by atoms with Gasteiger partial charge in [0.25, 0.3) is 5.91 Å². The molecule has 1 heterocycles. The Labute approximate surface area is 170 Å². The highest BCUT2D eigenvalue weighted by molar-refractivity contribution is 6.39. The van der Waals surface area contributed by atoms with Gasteiger partial charge in [0.05, 0.1) is 22.3 Å². The number of nitrogens with one attached hydrogen (secondary N) is 1. The van der Waals surface area contributed by atoms with Crippen molar-refractivity contribution in [3.63, 3.8) is 0 Å². The van der Waals surface area contributed by atoms with Gasteiger partial charge in [0, 0.05) is 18.0 Å². The lowest BCUT2D eigenvalue weighted by molar-refractivity contribution is -0.0515. The summed E-state index contributed by atoms with van der Waals surface area (Å²) in [6.45, 7) is -2.61. The van der Waals surface area contributed by atoms with Crippen molar-refractivity contribution in [3.05, 3.63) is 46.2 Å². The van der Waals surface area contributed by atoms with Crippen LogP contribution in [0.4, 0.5) is 14.5 Å². The van der Waals surface area contributed by atoms with Gasteiger partial charge in [-0.15, -0.1) is 12.4 Å². The summed E-state index contributed by atoms with van der Waals surface area (Å²) in [4.78, 5) is 16.3. The van der Waals surface area contributed by atoms with E-state index in [9.17, 15) is 13.6 Å². The maximum Gasteiger partial charge on any atom is 0.387 e. The molecule has 0 spiro atoms. The fourth-order valence-electron chi connectivity index (χ4n) is 2.16. The minimum atomic E-state index is -2.99. The van der Waals surface area contributed by atoms with Crippen molar-refractivity contribution in [2.45, 2.75) is 19.5 Å². The molecule has 3 rings (SSSR count). The first-order valence-corrected chi connectivity index (χ1v) is 8.51. The molecule has 0 bridgehead atoms. The van der Waals surface area contributed by atoms with Gasteiger partial charge >= 0.3 is 6.61 Å². The number of pyridine rings is 1. The van der Waals surface area contributed by atoms with E-state index in [-0.39, 0.29) is 45.2 Å². The van der Waals surface area contributed by atoms with Crippen LogP contribution in [0.15, 0.2) is 30.6 Å². The third kappa shape index (κ3) is 5.82. The van der Waals surface area contributed by atoms with Gasteiger partial charge in [-0.25, -0.2) is 0 Å². The molecule has 0 atom stereocenters. The average Bonchev–Trinajstić information content (AvgIpc) is 3.41. The van der Waals surface area contributed by atoms with Crippen molar-refractivity contribution in [2.24, 2.45) is 5.92 Å². The Morgan fingerprint density at radius 1 is 1.22 bits per heavy atom. The fourth-order valence-corrected chi connectivity index (χ4v) is 2.62. The zero-order valence-electron chi connectivity index (χ0n) is 13.8. The van der Waals surface area contributed by atoms with Gasteiger partial charge in [0.1, 0.15) is 0 Å². The van der Waals surface area contributed by atoms with E-state index in [1.54, 1.807) is 0 Å². The molecule has 2 aromatic rings. The topological polar surface area (TPSA) is 60.5 Å². The number of halogens is 5. The molecule has 0 unspecified atom stereocenters. The van der Waals surface area contributed by atoms with Crippen LogP contribution in [0, 0.1) is 5.92 Å². The monoisotopic (exact) mass is 438 g/mol. The Bertz CT molecular complexity index is 800. The summed E-state index contributed by atoms with van der Waals surface area (Å²) in [5, 5.41) is 2.92. The second kappa shape index (κ2) is 9.39. The van der Waals surface area contributed by atoms with Crippen molar-refractivity contribution in [1.29, 1.82) is 0 Å². The second-order valence-electron chi connectivity index (χ2n) is 5.73. The largest absolute Gasteiger partial charge is 0.489 e. The summed E-state index contributed by atoms with van der Waals surface area (Å²) in [5.41, 5.74) is 0.392. The maximum atomic E-state index is 12.6. The zero-order valence-corrected chi connectivity index (χ0v) is 16.1. The minimum Gasteiger partial charge on any atom is -0.489 e. The van der Waals surface area contributed by atoms with E-state index in [1.807, 2.05) is 0 Å². The van der Waals surface area contributed by atoms with E-state index in [1.165, 1.54) is 30.6 Å². The maximum absolute atomic E-state index is 12.6. The molecule has 5 nitrogen and oxygen atoms in total. The number of rotatable bonds is 7. The minimum absolute atomic E-state index is 0. The van der Waals surface area contributed by atoms with Gasteiger partial charge in [-0.05, 0) is 37.0 Å². The number of amides is 1. The lowest BCUT2D eigenvalue weighted by Gasteiger charge is -2.14. The Morgan fingerprint density at radius 3 is 2.48 bits per heavy atom. The number of ether oxygens (including phenoxy) is 2. The number of nitrogens with zero attached hydrogens (tertiary/aromatic N) is 1. The first-order valence-electron chi connectivity index (χ1n) is 7.76. The number of hydrogen-bond acceptors (Lipinski definition) is 4. The van der Waals surface area contributed by atoms with Crippen molar-refractivity contribution >= 4 is 47.2 Å². The van der Waals surface area contributed by atoms with E-state index in [0.717, 1.165) is 12.8 Å². The average molecular weight is 440 g/mol. The molecular weight excluding hydrogens is 425 g/mol. The van der Waals surface area contributed by atoms with Crippen LogP contribution in [-0.4, -0.2) is 24.1 Å². The predicted molar refractivity (Wildman–Crippen MR) is 101 cm³/mol. The van der Waals surface area contributed by atoms with Gasteiger partial charge in [0.15, 0.2) is 11.5 Å². The number of carbonyl (C=O) groups excluding carboxylic acids is 1. The van der Waals surface area contributed by atoms with Crippen LogP contribution < -0.4 is 14.8 Å². The molecule has 1 amide bonds.